The van der Waals surface area contributed by atoms with Crippen LogP contribution in [0.1, 0.15) is 0 Å². The van der Waals surface area contributed by atoms with Gasteiger partial charge in [-0.2, -0.15) is 13.2 Å². The average Bonchev–Trinajstić information content (AvgIpc) is 2.90. The molecule has 0 fully saturated rings. The molecule has 0 saturated heterocycles. The van der Waals surface area contributed by atoms with Crippen molar-refractivity contribution in [2.75, 3.05) is 11.9 Å². The molecular formula is C11H9F3N4O2. The van der Waals surface area contributed by atoms with E-state index in [0.29, 0.717) is 5.69 Å². The van der Waals surface area contributed by atoms with Crippen LogP contribution in [0.25, 0.3) is 5.69 Å². The molecule has 1 aromatic heterocycles. The Morgan fingerprint density at radius 1 is 1.35 bits per heavy atom. The highest BCUT2D eigenvalue weighted by molar-refractivity contribution is 5.87. The molecule has 0 unspecified atom stereocenters. The van der Waals surface area contributed by atoms with E-state index < -0.39 is 18.9 Å². The fourth-order valence-corrected chi connectivity index (χ4v) is 1.41. The first-order valence-electron chi connectivity index (χ1n) is 5.42. The number of ether oxygens (including phenoxy) is 1. The van der Waals surface area contributed by atoms with Crippen LogP contribution in [0.5, 0.6) is 0 Å². The molecule has 1 amide bonds. The molecule has 0 aliphatic heterocycles. The van der Waals surface area contributed by atoms with Crippen molar-refractivity contribution in [1.29, 1.82) is 0 Å². The zero-order chi connectivity index (χ0) is 14.6. The number of rotatable bonds is 3. The number of hydrogen-bond donors (Lipinski definition) is 1. The SMILES string of the molecule is O=C(Nc1ccccc1-n1ccnn1)OCC(F)(F)F. The molecule has 9 heteroatoms. The fraction of sp³-hybridized carbons (Fsp3) is 0.182. The van der Waals surface area contributed by atoms with E-state index in [1.807, 2.05) is 0 Å². The molecule has 6 nitrogen and oxygen atoms in total. The normalized spacial score (nSPS) is 11.2. The Balaban J connectivity index is 2.08. The maximum Gasteiger partial charge on any atom is 0.422 e. The number of anilines is 1. The van der Waals surface area contributed by atoms with Crippen LogP contribution in [0, 0.1) is 0 Å². The second-order valence-electron chi connectivity index (χ2n) is 3.68. The number of nitrogens with one attached hydrogen (secondary N) is 1. The van der Waals surface area contributed by atoms with E-state index in [-0.39, 0.29) is 5.69 Å². The second-order valence-corrected chi connectivity index (χ2v) is 3.68. The smallest absolute Gasteiger partial charge is 0.422 e. The molecule has 1 N–H and O–H groups in total. The van der Waals surface area contributed by atoms with E-state index in [0.717, 1.165) is 0 Å². The van der Waals surface area contributed by atoms with Gasteiger partial charge in [0.2, 0.25) is 0 Å². The van der Waals surface area contributed by atoms with Gasteiger partial charge in [0.05, 0.1) is 23.8 Å². The van der Waals surface area contributed by atoms with Crippen molar-refractivity contribution in [3.8, 4) is 5.69 Å². The second kappa shape index (κ2) is 5.59. The monoisotopic (exact) mass is 286 g/mol. The Bertz CT molecular complexity index is 584. The van der Waals surface area contributed by atoms with E-state index in [2.05, 4.69) is 20.4 Å². The Morgan fingerprint density at radius 2 is 2.10 bits per heavy atom. The fourth-order valence-electron chi connectivity index (χ4n) is 1.41. The summed E-state index contributed by atoms with van der Waals surface area (Å²) < 4.78 is 41.2. The minimum Gasteiger partial charge on any atom is -0.440 e. The quantitative estimate of drug-likeness (QED) is 0.940. The number of halogens is 3. The largest absolute Gasteiger partial charge is 0.440 e. The van der Waals surface area contributed by atoms with Gasteiger partial charge in [-0.15, -0.1) is 5.10 Å². The van der Waals surface area contributed by atoms with Gasteiger partial charge in [-0.3, -0.25) is 5.32 Å². The first kappa shape index (κ1) is 13.8. The first-order chi connectivity index (χ1) is 9.46. The zero-order valence-electron chi connectivity index (χ0n) is 9.96. The van der Waals surface area contributed by atoms with Crippen molar-refractivity contribution in [3.63, 3.8) is 0 Å². The Kier molecular flexibility index (Phi) is 3.87. The summed E-state index contributed by atoms with van der Waals surface area (Å²) in [4.78, 5) is 11.3. The van der Waals surface area contributed by atoms with Gasteiger partial charge >= 0.3 is 12.3 Å². The standard InChI is InChI=1S/C11H9F3N4O2/c12-11(13,14)7-20-10(19)16-8-3-1-2-4-9(8)18-6-5-15-17-18/h1-6H,7H2,(H,16,19). The molecule has 1 aromatic carbocycles. The van der Waals surface area contributed by atoms with Crippen molar-refractivity contribution >= 4 is 11.8 Å². The molecule has 0 spiro atoms. The van der Waals surface area contributed by atoms with Crippen molar-refractivity contribution in [3.05, 3.63) is 36.7 Å². The number of nitrogens with zero attached hydrogens (tertiary/aromatic N) is 3. The van der Waals surface area contributed by atoms with Crippen LogP contribution < -0.4 is 5.32 Å². The van der Waals surface area contributed by atoms with Crippen LogP contribution in [0.15, 0.2) is 36.7 Å². The van der Waals surface area contributed by atoms with Crippen LogP contribution in [-0.2, 0) is 4.74 Å². The Hall–Kier alpha value is -2.58. The van der Waals surface area contributed by atoms with Gasteiger partial charge < -0.3 is 4.74 Å². The predicted octanol–water partition coefficient (Wildman–Crippen LogP) is 2.38. The molecule has 20 heavy (non-hydrogen) atoms. The highest BCUT2D eigenvalue weighted by Crippen LogP contribution is 2.19. The lowest BCUT2D eigenvalue weighted by Gasteiger charge is -2.11. The number of carbonyl (C=O) groups excluding carboxylic acids is 1. The van der Waals surface area contributed by atoms with Crippen LogP contribution in [0.3, 0.4) is 0 Å². The van der Waals surface area contributed by atoms with Crippen LogP contribution in [-0.4, -0.2) is 33.9 Å². The average molecular weight is 286 g/mol. The number of para-hydroxylation sites is 2. The summed E-state index contributed by atoms with van der Waals surface area (Å²) >= 11 is 0. The third-order valence-electron chi connectivity index (χ3n) is 2.18. The number of amides is 1. The highest BCUT2D eigenvalue weighted by Gasteiger charge is 2.29. The molecule has 2 rings (SSSR count). The molecular weight excluding hydrogens is 277 g/mol. The first-order valence-corrected chi connectivity index (χ1v) is 5.42. The lowest BCUT2D eigenvalue weighted by atomic mass is 10.2. The maximum atomic E-state index is 11.9. The molecule has 1 heterocycles. The van der Waals surface area contributed by atoms with Gasteiger partial charge in [0.15, 0.2) is 6.61 Å². The van der Waals surface area contributed by atoms with E-state index in [1.165, 1.54) is 23.1 Å². The van der Waals surface area contributed by atoms with Gasteiger partial charge in [-0.25, -0.2) is 9.48 Å². The van der Waals surface area contributed by atoms with Crippen molar-refractivity contribution in [1.82, 2.24) is 15.0 Å². The summed E-state index contributed by atoms with van der Waals surface area (Å²) in [7, 11) is 0. The van der Waals surface area contributed by atoms with Crippen LogP contribution in [0.2, 0.25) is 0 Å². The molecule has 0 radical (unpaired) electrons. The van der Waals surface area contributed by atoms with Crippen molar-refractivity contribution in [2.45, 2.75) is 6.18 Å². The van der Waals surface area contributed by atoms with E-state index in [4.69, 9.17) is 0 Å². The minimum atomic E-state index is -4.57. The topological polar surface area (TPSA) is 69.0 Å². The summed E-state index contributed by atoms with van der Waals surface area (Å²) in [5.41, 5.74) is 0.708. The predicted molar refractivity (Wildman–Crippen MR) is 62.4 cm³/mol. The van der Waals surface area contributed by atoms with Crippen molar-refractivity contribution in [2.24, 2.45) is 0 Å². The third kappa shape index (κ3) is 3.70. The molecule has 0 bridgehead atoms. The zero-order valence-corrected chi connectivity index (χ0v) is 9.96. The summed E-state index contributed by atoms with van der Waals surface area (Å²) in [6, 6.07) is 6.42. The Morgan fingerprint density at radius 3 is 2.75 bits per heavy atom. The van der Waals surface area contributed by atoms with Crippen LogP contribution >= 0.6 is 0 Å². The summed E-state index contributed by atoms with van der Waals surface area (Å²) in [6.45, 7) is -1.65. The van der Waals surface area contributed by atoms with Crippen LogP contribution in [0.4, 0.5) is 23.7 Å². The van der Waals surface area contributed by atoms with Gasteiger partial charge in [-0.1, -0.05) is 17.3 Å². The molecule has 0 aliphatic rings. The minimum absolute atomic E-state index is 0.255. The number of benzene rings is 1. The molecule has 106 valence electrons. The summed E-state index contributed by atoms with van der Waals surface area (Å²) in [5.74, 6) is 0. The van der Waals surface area contributed by atoms with E-state index in [1.54, 1.807) is 18.2 Å². The van der Waals surface area contributed by atoms with Gasteiger partial charge in [-0.05, 0) is 12.1 Å². The summed E-state index contributed by atoms with van der Waals surface area (Å²) in [5, 5.41) is 9.56. The van der Waals surface area contributed by atoms with Crippen molar-refractivity contribution < 1.29 is 22.7 Å². The number of alkyl halides is 3. The molecule has 2 aromatic rings. The lowest BCUT2D eigenvalue weighted by Crippen LogP contribution is -2.23. The number of carbonyl (C=O) groups is 1. The Labute approximate surface area is 111 Å². The highest BCUT2D eigenvalue weighted by atomic mass is 19.4. The summed E-state index contributed by atoms with van der Waals surface area (Å²) in [6.07, 6.45) is -2.81. The molecule has 0 atom stereocenters. The molecule has 0 saturated carbocycles. The number of hydrogen-bond acceptors (Lipinski definition) is 4. The van der Waals surface area contributed by atoms with E-state index >= 15 is 0 Å². The van der Waals surface area contributed by atoms with E-state index in [9.17, 15) is 18.0 Å². The van der Waals surface area contributed by atoms with Gasteiger partial charge in [0, 0.05) is 0 Å². The van der Waals surface area contributed by atoms with Gasteiger partial charge in [0.1, 0.15) is 0 Å². The number of aromatic nitrogens is 3. The third-order valence-corrected chi connectivity index (χ3v) is 2.18. The van der Waals surface area contributed by atoms with Gasteiger partial charge in [0.25, 0.3) is 0 Å². The lowest BCUT2D eigenvalue weighted by molar-refractivity contribution is -0.159. The molecule has 0 aliphatic carbocycles. The maximum absolute atomic E-state index is 11.9.